The van der Waals surface area contributed by atoms with Crippen LogP contribution in [0.2, 0.25) is 0 Å². The highest BCUT2D eigenvalue weighted by atomic mass is 16.4. The van der Waals surface area contributed by atoms with Gasteiger partial charge in [-0.05, 0) is 34.0 Å². The molecule has 0 aromatic heterocycles. The summed E-state index contributed by atoms with van der Waals surface area (Å²) in [5, 5.41) is 10.8. The van der Waals surface area contributed by atoms with Crippen LogP contribution in [-0.4, -0.2) is 17.0 Å². The molecule has 0 heterocycles. The van der Waals surface area contributed by atoms with Crippen molar-refractivity contribution in [2.24, 2.45) is 5.73 Å². The Labute approximate surface area is 126 Å². The van der Waals surface area contributed by atoms with E-state index in [-0.39, 0.29) is 5.56 Å². The molecule has 0 aliphatic heterocycles. The van der Waals surface area contributed by atoms with E-state index in [1.165, 1.54) is 6.07 Å². The Morgan fingerprint density at radius 1 is 0.909 bits per heavy atom. The predicted octanol–water partition coefficient (Wildman–Crippen LogP) is 3.30. The second-order valence-corrected chi connectivity index (χ2v) is 4.96. The Morgan fingerprint density at radius 2 is 1.68 bits per heavy atom. The third kappa shape index (κ3) is 2.31. The normalized spacial score (nSPS) is 10.5. The zero-order valence-electron chi connectivity index (χ0n) is 11.6. The van der Waals surface area contributed by atoms with Crippen molar-refractivity contribution in [2.45, 2.75) is 0 Å². The molecule has 3 aromatic rings. The summed E-state index contributed by atoms with van der Waals surface area (Å²) in [7, 11) is 0. The summed E-state index contributed by atoms with van der Waals surface area (Å²) in [6, 6.07) is 17.6. The van der Waals surface area contributed by atoms with Crippen LogP contribution in [0, 0.1) is 0 Å². The van der Waals surface area contributed by atoms with E-state index in [0.717, 1.165) is 10.8 Å². The highest BCUT2D eigenvalue weighted by molar-refractivity contribution is 6.12. The van der Waals surface area contributed by atoms with Gasteiger partial charge < -0.3 is 10.8 Å². The molecule has 108 valence electrons. The van der Waals surface area contributed by atoms with Gasteiger partial charge in [-0.2, -0.15) is 0 Å². The van der Waals surface area contributed by atoms with Crippen LogP contribution < -0.4 is 5.73 Å². The minimum atomic E-state index is -1.01. The summed E-state index contributed by atoms with van der Waals surface area (Å²) >= 11 is 0. The average molecular weight is 291 g/mol. The average Bonchev–Trinajstić information content (AvgIpc) is 2.53. The molecule has 3 rings (SSSR count). The minimum absolute atomic E-state index is 0.168. The van der Waals surface area contributed by atoms with E-state index in [1.807, 2.05) is 30.3 Å². The van der Waals surface area contributed by atoms with Gasteiger partial charge in [-0.25, -0.2) is 4.79 Å². The van der Waals surface area contributed by atoms with Gasteiger partial charge in [-0.15, -0.1) is 0 Å². The molecule has 0 saturated heterocycles. The molecule has 4 nitrogen and oxygen atoms in total. The Bertz CT molecular complexity index is 900. The number of rotatable bonds is 3. The summed E-state index contributed by atoms with van der Waals surface area (Å²) in [6.45, 7) is 0. The lowest BCUT2D eigenvalue weighted by atomic mass is 9.93. The minimum Gasteiger partial charge on any atom is -0.478 e. The van der Waals surface area contributed by atoms with E-state index in [0.29, 0.717) is 16.7 Å². The van der Waals surface area contributed by atoms with Gasteiger partial charge in [0.15, 0.2) is 0 Å². The number of fused-ring (bicyclic) bond motifs is 1. The van der Waals surface area contributed by atoms with Gasteiger partial charge >= 0.3 is 5.97 Å². The molecule has 0 unspecified atom stereocenters. The molecule has 0 saturated carbocycles. The molecule has 0 aliphatic carbocycles. The number of carboxylic acids is 1. The summed E-state index contributed by atoms with van der Waals surface area (Å²) in [5.41, 5.74) is 7.42. The number of hydrogen-bond donors (Lipinski definition) is 2. The summed E-state index contributed by atoms with van der Waals surface area (Å²) in [4.78, 5) is 23.1. The van der Waals surface area contributed by atoms with Gasteiger partial charge in [0, 0.05) is 0 Å². The fraction of sp³-hybridized carbons (Fsp3) is 0. The van der Waals surface area contributed by atoms with E-state index in [4.69, 9.17) is 10.8 Å². The van der Waals surface area contributed by atoms with E-state index >= 15 is 0 Å². The first-order valence-corrected chi connectivity index (χ1v) is 6.73. The number of nitrogens with two attached hydrogens (primary N) is 1. The van der Waals surface area contributed by atoms with Crippen LogP contribution >= 0.6 is 0 Å². The topological polar surface area (TPSA) is 80.4 Å². The van der Waals surface area contributed by atoms with Crippen LogP contribution in [0.5, 0.6) is 0 Å². The third-order valence-electron chi connectivity index (χ3n) is 3.60. The van der Waals surface area contributed by atoms with Crippen molar-refractivity contribution >= 4 is 22.6 Å². The number of carbonyl (C=O) groups excluding carboxylic acids is 1. The number of carboxylic acid groups (broad SMARTS) is 1. The molecular weight excluding hydrogens is 278 g/mol. The van der Waals surface area contributed by atoms with Gasteiger partial charge in [-0.1, -0.05) is 48.5 Å². The second kappa shape index (κ2) is 5.33. The van der Waals surface area contributed by atoms with Gasteiger partial charge in [0.05, 0.1) is 11.1 Å². The first-order valence-electron chi connectivity index (χ1n) is 6.73. The lowest BCUT2D eigenvalue weighted by molar-refractivity contribution is 0.0696. The maximum absolute atomic E-state index is 11.9. The molecule has 22 heavy (non-hydrogen) atoms. The number of amides is 1. The summed E-state index contributed by atoms with van der Waals surface area (Å²) < 4.78 is 0. The SMILES string of the molecule is NC(=O)c1c(-c2cccc(C(=O)O)c2)ccc2ccccc12. The first-order chi connectivity index (χ1) is 10.6. The zero-order chi connectivity index (χ0) is 15.7. The van der Waals surface area contributed by atoms with Crippen LogP contribution in [0.3, 0.4) is 0 Å². The van der Waals surface area contributed by atoms with Gasteiger partial charge in [0.25, 0.3) is 0 Å². The third-order valence-corrected chi connectivity index (χ3v) is 3.60. The molecule has 4 heteroatoms. The van der Waals surface area contributed by atoms with Crippen LogP contribution in [0.4, 0.5) is 0 Å². The second-order valence-electron chi connectivity index (χ2n) is 4.96. The molecule has 0 atom stereocenters. The van der Waals surface area contributed by atoms with Crippen LogP contribution in [0.1, 0.15) is 20.7 Å². The van der Waals surface area contributed by atoms with Crippen molar-refractivity contribution in [3.8, 4) is 11.1 Å². The summed E-state index contributed by atoms with van der Waals surface area (Å²) in [5.74, 6) is -1.55. The highest BCUT2D eigenvalue weighted by Crippen LogP contribution is 2.30. The van der Waals surface area contributed by atoms with E-state index in [9.17, 15) is 9.59 Å². The fourth-order valence-corrected chi connectivity index (χ4v) is 2.60. The van der Waals surface area contributed by atoms with Crippen molar-refractivity contribution in [3.05, 3.63) is 71.8 Å². The maximum Gasteiger partial charge on any atom is 0.335 e. The van der Waals surface area contributed by atoms with Gasteiger partial charge in [0.1, 0.15) is 0 Å². The largest absolute Gasteiger partial charge is 0.478 e. The molecule has 0 bridgehead atoms. The van der Waals surface area contributed by atoms with E-state index in [2.05, 4.69) is 0 Å². The summed E-state index contributed by atoms with van der Waals surface area (Å²) in [6.07, 6.45) is 0. The zero-order valence-corrected chi connectivity index (χ0v) is 11.6. The van der Waals surface area contributed by atoms with Crippen LogP contribution in [-0.2, 0) is 0 Å². The molecule has 0 aliphatic rings. The van der Waals surface area contributed by atoms with Gasteiger partial charge in [-0.3, -0.25) is 4.79 Å². The predicted molar refractivity (Wildman–Crippen MR) is 84.9 cm³/mol. The van der Waals surface area contributed by atoms with E-state index < -0.39 is 11.9 Å². The van der Waals surface area contributed by atoms with Crippen LogP contribution in [0.25, 0.3) is 21.9 Å². The van der Waals surface area contributed by atoms with Crippen molar-refractivity contribution in [1.29, 1.82) is 0 Å². The Kier molecular flexibility index (Phi) is 3.35. The van der Waals surface area contributed by atoms with E-state index in [1.54, 1.807) is 24.3 Å². The Morgan fingerprint density at radius 3 is 2.41 bits per heavy atom. The molecule has 1 amide bonds. The maximum atomic E-state index is 11.9. The number of benzene rings is 3. The first kappa shape index (κ1) is 13.8. The number of carbonyl (C=O) groups is 2. The Hall–Kier alpha value is -3.14. The number of hydrogen-bond acceptors (Lipinski definition) is 2. The smallest absolute Gasteiger partial charge is 0.335 e. The number of primary amides is 1. The molecule has 3 N–H and O–H groups in total. The van der Waals surface area contributed by atoms with Gasteiger partial charge in [0.2, 0.25) is 5.91 Å². The van der Waals surface area contributed by atoms with Crippen molar-refractivity contribution < 1.29 is 14.7 Å². The fourth-order valence-electron chi connectivity index (χ4n) is 2.60. The van der Waals surface area contributed by atoms with Crippen LogP contribution in [0.15, 0.2) is 60.7 Å². The molecule has 3 aromatic carbocycles. The van der Waals surface area contributed by atoms with Crippen molar-refractivity contribution in [3.63, 3.8) is 0 Å². The van der Waals surface area contributed by atoms with Crippen molar-refractivity contribution in [2.75, 3.05) is 0 Å². The molecular formula is C18H13NO3. The molecule has 0 radical (unpaired) electrons. The monoisotopic (exact) mass is 291 g/mol. The standard InChI is InChI=1S/C18H13NO3/c19-17(20)16-14-7-2-1-4-11(14)8-9-15(16)12-5-3-6-13(10-12)18(21)22/h1-10H,(H2,19,20)(H,21,22). The molecule has 0 fully saturated rings. The highest BCUT2D eigenvalue weighted by Gasteiger charge is 2.15. The number of aromatic carboxylic acids is 1. The quantitative estimate of drug-likeness (QED) is 0.777. The lowest BCUT2D eigenvalue weighted by Crippen LogP contribution is -2.13. The molecule has 0 spiro atoms. The lowest BCUT2D eigenvalue weighted by Gasteiger charge is -2.11. The Balaban J connectivity index is 2.31. The van der Waals surface area contributed by atoms with Crippen molar-refractivity contribution in [1.82, 2.24) is 0 Å².